The Labute approximate surface area is 153 Å². The van der Waals surface area contributed by atoms with Crippen molar-refractivity contribution in [2.75, 3.05) is 0 Å². The van der Waals surface area contributed by atoms with Gasteiger partial charge in [-0.3, -0.25) is 0 Å². The molecule has 138 valence electrons. The molecule has 0 amide bonds. The molecule has 0 radical (unpaired) electrons. The largest absolute Gasteiger partial charge is 0.216 e. The Morgan fingerprint density at radius 3 is 2.04 bits per heavy atom. The van der Waals surface area contributed by atoms with Gasteiger partial charge >= 0.3 is 0 Å². The summed E-state index contributed by atoms with van der Waals surface area (Å²) < 4.78 is 12.2. The Bertz CT molecular complexity index is 514. The molecular formula is C24H35F. The summed E-state index contributed by atoms with van der Waals surface area (Å²) in [4.78, 5) is 0. The predicted octanol–water partition coefficient (Wildman–Crippen LogP) is 7.59. The van der Waals surface area contributed by atoms with Gasteiger partial charge in [0.1, 0.15) is 0 Å². The molecule has 0 atom stereocenters. The number of allylic oxidation sites excluding steroid dienone is 1. The molecule has 1 aromatic carbocycles. The summed E-state index contributed by atoms with van der Waals surface area (Å²) in [6, 6.07) is 9.47. The standard InChI is InChI=1S/C24H35F/c1-2-4-19-6-10-21(11-7-19)23-14-16-24(17-15-23)22-12-8-20(9-13-22)5-3-18-25/h3,6-7,10-11,18,20,22-24H,2,4-5,8-9,12-17H2,1H3/t20-,22-,23-,24-. The van der Waals surface area contributed by atoms with Gasteiger partial charge in [-0.1, -0.05) is 43.7 Å². The highest BCUT2D eigenvalue weighted by molar-refractivity contribution is 5.26. The van der Waals surface area contributed by atoms with Crippen molar-refractivity contribution in [2.45, 2.75) is 83.5 Å². The Morgan fingerprint density at radius 1 is 0.880 bits per heavy atom. The lowest BCUT2D eigenvalue weighted by Crippen LogP contribution is -2.25. The number of hydrogen-bond acceptors (Lipinski definition) is 0. The van der Waals surface area contributed by atoms with E-state index in [2.05, 4.69) is 31.2 Å². The molecular weight excluding hydrogens is 307 g/mol. The predicted molar refractivity (Wildman–Crippen MR) is 105 cm³/mol. The van der Waals surface area contributed by atoms with Gasteiger partial charge in [0, 0.05) is 0 Å². The lowest BCUT2D eigenvalue weighted by molar-refractivity contribution is 0.160. The van der Waals surface area contributed by atoms with Crippen LogP contribution in [-0.4, -0.2) is 0 Å². The first-order valence-corrected chi connectivity index (χ1v) is 10.6. The maximum Gasteiger partial charge on any atom is 0.0827 e. The number of halogens is 1. The fourth-order valence-corrected chi connectivity index (χ4v) is 5.31. The molecule has 2 aliphatic carbocycles. The van der Waals surface area contributed by atoms with E-state index in [0.717, 1.165) is 36.4 Å². The molecule has 0 unspecified atom stereocenters. The lowest BCUT2D eigenvalue weighted by atomic mass is 9.68. The normalized spacial score (nSPS) is 30.6. The van der Waals surface area contributed by atoms with Gasteiger partial charge in [-0.05, 0) is 99.0 Å². The van der Waals surface area contributed by atoms with Gasteiger partial charge in [-0.2, -0.15) is 0 Å². The van der Waals surface area contributed by atoms with E-state index in [0.29, 0.717) is 0 Å². The number of benzene rings is 1. The van der Waals surface area contributed by atoms with Crippen LogP contribution in [0.15, 0.2) is 36.7 Å². The van der Waals surface area contributed by atoms with Crippen molar-refractivity contribution in [3.63, 3.8) is 0 Å². The summed E-state index contributed by atoms with van der Waals surface area (Å²) in [6.07, 6.45) is 16.8. The molecule has 0 saturated heterocycles. The van der Waals surface area contributed by atoms with E-state index in [1.165, 1.54) is 69.8 Å². The van der Waals surface area contributed by atoms with Gasteiger partial charge in [0.2, 0.25) is 0 Å². The molecule has 0 aliphatic heterocycles. The van der Waals surface area contributed by atoms with Crippen LogP contribution < -0.4 is 0 Å². The smallest absolute Gasteiger partial charge is 0.0827 e. The molecule has 0 N–H and O–H groups in total. The molecule has 2 fully saturated rings. The van der Waals surface area contributed by atoms with Crippen molar-refractivity contribution in [1.29, 1.82) is 0 Å². The second-order valence-corrected chi connectivity index (χ2v) is 8.48. The summed E-state index contributed by atoms with van der Waals surface area (Å²) in [5, 5.41) is 0. The topological polar surface area (TPSA) is 0 Å². The van der Waals surface area contributed by atoms with E-state index in [1.807, 2.05) is 0 Å². The lowest BCUT2D eigenvalue weighted by Gasteiger charge is -2.38. The van der Waals surface area contributed by atoms with Crippen molar-refractivity contribution >= 4 is 0 Å². The average molecular weight is 343 g/mol. The zero-order chi connectivity index (χ0) is 17.5. The molecule has 0 aromatic heterocycles. The van der Waals surface area contributed by atoms with Crippen molar-refractivity contribution in [3.8, 4) is 0 Å². The third-order valence-corrected chi connectivity index (χ3v) is 6.88. The van der Waals surface area contributed by atoms with Crippen molar-refractivity contribution in [1.82, 2.24) is 0 Å². The quantitative estimate of drug-likeness (QED) is 0.499. The zero-order valence-electron chi connectivity index (χ0n) is 15.9. The molecule has 0 heterocycles. The molecule has 25 heavy (non-hydrogen) atoms. The summed E-state index contributed by atoms with van der Waals surface area (Å²) in [6.45, 7) is 2.25. The van der Waals surface area contributed by atoms with E-state index in [-0.39, 0.29) is 0 Å². The van der Waals surface area contributed by atoms with Crippen LogP contribution in [-0.2, 0) is 6.42 Å². The van der Waals surface area contributed by atoms with Crippen LogP contribution in [0.25, 0.3) is 0 Å². The third-order valence-electron chi connectivity index (χ3n) is 6.88. The van der Waals surface area contributed by atoms with Gasteiger partial charge in [0.05, 0.1) is 6.33 Å². The molecule has 2 aliphatic rings. The first-order valence-electron chi connectivity index (χ1n) is 10.6. The minimum absolute atomic E-state index is 0.724. The van der Waals surface area contributed by atoms with Crippen LogP contribution in [0.4, 0.5) is 4.39 Å². The molecule has 0 nitrogen and oxygen atoms in total. The van der Waals surface area contributed by atoms with Crippen LogP contribution in [0.1, 0.15) is 88.2 Å². The van der Waals surface area contributed by atoms with E-state index < -0.39 is 0 Å². The van der Waals surface area contributed by atoms with Crippen LogP contribution in [0.5, 0.6) is 0 Å². The Morgan fingerprint density at radius 2 is 1.48 bits per heavy atom. The van der Waals surface area contributed by atoms with Crippen molar-refractivity contribution in [3.05, 3.63) is 47.8 Å². The zero-order valence-corrected chi connectivity index (χ0v) is 15.9. The van der Waals surface area contributed by atoms with Gasteiger partial charge in [-0.25, -0.2) is 4.39 Å². The molecule has 2 saturated carbocycles. The molecule has 3 rings (SSSR count). The highest BCUT2D eigenvalue weighted by Gasteiger charge is 2.30. The molecule has 0 bridgehead atoms. The van der Waals surface area contributed by atoms with Crippen LogP contribution in [0.3, 0.4) is 0 Å². The van der Waals surface area contributed by atoms with Crippen molar-refractivity contribution in [2.24, 2.45) is 17.8 Å². The van der Waals surface area contributed by atoms with E-state index in [4.69, 9.17) is 0 Å². The Hall–Kier alpha value is -1.11. The number of hydrogen-bond donors (Lipinski definition) is 0. The monoisotopic (exact) mass is 342 g/mol. The minimum Gasteiger partial charge on any atom is -0.216 e. The van der Waals surface area contributed by atoms with Crippen molar-refractivity contribution < 1.29 is 4.39 Å². The first-order chi connectivity index (χ1) is 12.3. The highest BCUT2D eigenvalue weighted by Crippen LogP contribution is 2.44. The Kier molecular flexibility index (Phi) is 7.13. The highest BCUT2D eigenvalue weighted by atomic mass is 19.1. The van der Waals surface area contributed by atoms with Crippen LogP contribution >= 0.6 is 0 Å². The maximum atomic E-state index is 12.2. The Balaban J connectivity index is 1.44. The molecule has 1 aromatic rings. The summed E-state index contributed by atoms with van der Waals surface area (Å²) >= 11 is 0. The van der Waals surface area contributed by atoms with Gasteiger partial charge in [-0.15, -0.1) is 0 Å². The van der Waals surface area contributed by atoms with E-state index in [1.54, 1.807) is 11.6 Å². The van der Waals surface area contributed by atoms with Gasteiger partial charge in [0.15, 0.2) is 0 Å². The van der Waals surface area contributed by atoms with E-state index in [9.17, 15) is 4.39 Å². The molecule has 0 spiro atoms. The van der Waals surface area contributed by atoms with Crippen LogP contribution in [0, 0.1) is 17.8 Å². The summed E-state index contributed by atoms with van der Waals surface area (Å²) in [5.74, 6) is 3.42. The summed E-state index contributed by atoms with van der Waals surface area (Å²) in [7, 11) is 0. The van der Waals surface area contributed by atoms with Crippen LogP contribution in [0.2, 0.25) is 0 Å². The molecule has 1 heteroatoms. The second-order valence-electron chi connectivity index (χ2n) is 8.48. The first kappa shape index (κ1) is 18.7. The van der Waals surface area contributed by atoms with Gasteiger partial charge in [0.25, 0.3) is 0 Å². The second kappa shape index (κ2) is 9.55. The number of aryl methyl sites for hydroxylation is 1. The third kappa shape index (κ3) is 5.19. The number of rotatable bonds is 6. The fraction of sp³-hybridized carbons (Fsp3) is 0.667. The van der Waals surface area contributed by atoms with Gasteiger partial charge < -0.3 is 0 Å². The van der Waals surface area contributed by atoms with E-state index >= 15 is 0 Å². The average Bonchev–Trinajstić information content (AvgIpc) is 2.68. The SMILES string of the molecule is CCCc1ccc([C@H]2CC[C@H]([C@H]3CC[C@H](CC=CF)CC3)CC2)cc1. The minimum atomic E-state index is 0.724. The maximum absolute atomic E-state index is 12.2. The summed E-state index contributed by atoms with van der Waals surface area (Å²) in [5.41, 5.74) is 3.05. The fourth-order valence-electron chi connectivity index (χ4n) is 5.31.